The van der Waals surface area contributed by atoms with E-state index in [2.05, 4.69) is 15.9 Å². The second kappa shape index (κ2) is 5.71. The molecule has 0 saturated carbocycles. The van der Waals surface area contributed by atoms with Crippen molar-refractivity contribution in [3.63, 3.8) is 0 Å². The van der Waals surface area contributed by atoms with Gasteiger partial charge in [-0.25, -0.2) is 4.79 Å². The number of benzene rings is 2. The van der Waals surface area contributed by atoms with E-state index in [1.165, 1.54) is 0 Å². The maximum Gasteiger partial charge on any atom is 0.336 e. The van der Waals surface area contributed by atoms with Crippen molar-refractivity contribution in [2.24, 2.45) is 0 Å². The normalized spacial score (nSPS) is 11.3. The van der Waals surface area contributed by atoms with Crippen molar-refractivity contribution < 1.29 is 9.90 Å². The first-order valence-corrected chi connectivity index (χ1v) is 6.42. The predicted octanol–water partition coefficient (Wildman–Crippen LogP) is 3.66. The number of carbonyl (C=O) groups is 1. The van der Waals surface area contributed by atoms with E-state index in [9.17, 15) is 9.90 Å². The van der Waals surface area contributed by atoms with E-state index in [1.807, 2.05) is 12.1 Å². The fourth-order valence-corrected chi connectivity index (χ4v) is 1.96. The zero-order chi connectivity index (χ0) is 13.8. The summed E-state index contributed by atoms with van der Waals surface area (Å²) in [5, 5.41) is 9.33. The molecule has 4 heteroatoms. The lowest BCUT2D eigenvalue weighted by Gasteiger charge is -2.05. The number of halogens is 1. The van der Waals surface area contributed by atoms with Gasteiger partial charge in [-0.2, -0.15) is 0 Å². The number of carboxylic acids is 1. The Balaban J connectivity index is 2.50. The molecule has 0 heterocycles. The summed E-state index contributed by atoms with van der Waals surface area (Å²) in [5.41, 5.74) is 7.93. The summed E-state index contributed by atoms with van der Waals surface area (Å²) in [4.78, 5) is 11.4. The maximum absolute atomic E-state index is 11.4. The summed E-state index contributed by atoms with van der Waals surface area (Å²) < 4.78 is 0.903. The zero-order valence-electron chi connectivity index (χ0n) is 10.0. The molecular weight excluding hydrogens is 306 g/mol. The van der Waals surface area contributed by atoms with Crippen LogP contribution in [-0.4, -0.2) is 11.1 Å². The SMILES string of the molecule is Nc1ccccc1/C=C(/C(=O)O)c1ccc(Br)cc1. The average Bonchev–Trinajstić information content (AvgIpc) is 2.39. The lowest BCUT2D eigenvalue weighted by molar-refractivity contribution is -0.130. The van der Waals surface area contributed by atoms with Crippen molar-refractivity contribution in [3.8, 4) is 0 Å². The minimum Gasteiger partial charge on any atom is -0.478 e. The molecule has 0 atom stereocenters. The minimum atomic E-state index is -0.981. The highest BCUT2D eigenvalue weighted by molar-refractivity contribution is 9.10. The van der Waals surface area contributed by atoms with E-state index in [-0.39, 0.29) is 5.57 Å². The number of aliphatic carboxylic acids is 1. The van der Waals surface area contributed by atoms with Crippen molar-refractivity contribution >= 4 is 39.2 Å². The number of nitrogens with two attached hydrogens (primary N) is 1. The number of hydrogen-bond donors (Lipinski definition) is 2. The van der Waals surface area contributed by atoms with Gasteiger partial charge in [0, 0.05) is 10.2 Å². The van der Waals surface area contributed by atoms with E-state index in [0.29, 0.717) is 16.8 Å². The Morgan fingerprint density at radius 1 is 1.11 bits per heavy atom. The smallest absolute Gasteiger partial charge is 0.336 e. The van der Waals surface area contributed by atoms with Gasteiger partial charge in [0.15, 0.2) is 0 Å². The molecule has 0 amide bonds. The Bertz CT molecular complexity index is 633. The Labute approximate surface area is 119 Å². The number of rotatable bonds is 3. The molecule has 0 aromatic heterocycles. The van der Waals surface area contributed by atoms with Crippen molar-refractivity contribution in [3.05, 3.63) is 64.1 Å². The van der Waals surface area contributed by atoms with Gasteiger partial charge in [0.2, 0.25) is 0 Å². The molecule has 0 radical (unpaired) electrons. The first kappa shape index (κ1) is 13.4. The average molecular weight is 318 g/mol. The summed E-state index contributed by atoms with van der Waals surface area (Å²) in [5.74, 6) is -0.981. The highest BCUT2D eigenvalue weighted by Crippen LogP contribution is 2.23. The van der Waals surface area contributed by atoms with Gasteiger partial charge in [-0.05, 0) is 35.4 Å². The Morgan fingerprint density at radius 2 is 1.74 bits per heavy atom. The number of carboxylic acid groups (broad SMARTS) is 1. The van der Waals surface area contributed by atoms with Crippen LogP contribution in [0.15, 0.2) is 53.0 Å². The van der Waals surface area contributed by atoms with Gasteiger partial charge < -0.3 is 10.8 Å². The standard InChI is InChI=1S/C15H12BrNO2/c16-12-7-5-10(6-8-12)13(15(18)19)9-11-3-1-2-4-14(11)17/h1-9H,17H2,(H,18,19)/b13-9+. The molecule has 0 aliphatic heterocycles. The topological polar surface area (TPSA) is 63.3 Å². The van der Waals surface area contributed by atoms with E-state index in [1.54, 1.807) is 42.5 Å². The van der Waals surface area contributed by atoms with Crippen LogP contribution < -0.4 is 5.73 Å². The van der Waals surface area contributed by atoms with Gasteiger partial charge in [-0.15, -0.1) is 0 Å². The van der Waals surface area contributed by atoms with Crippen molar-refractivity contribution in [2.45, 2.75) is 0 Å². The fraction of sp³-hybridized carbons (Fsp3) is 0. The summed E-state index contributed by atoms with van der Waals surface area (Å²) >= 11 is 3.32. The lowest BCUT2D eigenvalue weighted by atomic mass is 10.0. The van der Waals surface area contributed by atoms with Crippen LogP contribution >= 0.6 is 15.9 Å². The summed E-state index contributed by atoms with van der Waals surface area (Å²) in [6.07, 6.45) is 1.58. The Hall–Kier alpha value is -2.07. The third kappa shape index (κ3) is 3.23. The first-order chi connectivity index (χ1) is 9.08. The molecule has 3 nitrogen and oxygen atoms in total. The third-order valence-corrected chi connectivity index (χ3v) is 3.21. The van der Waals surface area contributed by atoms with Crippen molar-refractivity contribution in [1.29, 1.82) is 0 Å². The predicted molar refractivity (Wildman–Crippen MR) is 80.5 cm³/mol. The van der Waals surface area contributed by atoms with Gasteiger partial charge in [0.05, 0.1) is 5.57 Å². The summed E-state index contributed by atoms with van der Waals surface area (Å²) in [6.45, 7) is 0. The molecule has 0 fully saturated rings. The van der Waals surface area contributed by atoms with Crippen LogP contribution in [0.4, 0.5) is 5.69 Å². The van der Waals surface area contributed by atoms with Crippen molar-refractivity contribution in [1.82, 2.24) is 0 Å². The maximum atomic E-state index is 11.4. The van der Waals surface area contributed by atoms with E-state index in [4.69, 9.17) is 5.73 Å². The number of nitrogen functional groups attached to an aromatic ring is 1. The first-order valence-electron chi connectivity index (χ1n) is 5.63. The molecule has 0 aliphatic rings. The van der Waals surface area contributed by atoms with Crippen LogP contribution in [0.5, 0.6) is 0 Å². The molecule has 2 aromatic carbocycles. The summed E-state index contributed by atoms with van der Waals surface area (Å²) in [6, 6.07) is 14.3. The highest BCUT2D eigenvalue weighted by Gasteiger charge is 2.11. The van der Waals surface area contributed by atoms with Crippen LogP contribution in [0.25, 0.3) is 11.6 Å². The van der Waals surface area contributed by atoms with E-state index < -0.39 is 5.97 Å². The molecule has 3 N–H and O–H groups in total. The molecule has 0 unspecified atom stereocenters. The van der Waals surface area contributed by atoms with Gasteiger partial charge in [-0.3, -0.25) is 0 Å². The lowest BCUT2D eigenvalue weighted by Crippen LogP contribution is -2.00. The molecule has 19 heavy (non-hydrogen) atoms. The summed E-state index contributed by atoms with van der Waals surface area (Å²) in [7, 11) is 0. The van der Waals surface area contributed by atoms with Crippen LogP contribution in [0.2, 0.25) is 0 Å². The van der Waals surface area contributed by atoms with Crippen LogP contribution in [0.3, 0.4) is 0 Å². The Morgan fingerprint density at radius 3 is 2.32 bits per heavy atom. The second-order valence-corrected chi connectivity index (χ2v) is 4.91. The minimum absolute atomic E-state index is 0.213. The van der Waals surface area contributed by atoms with Gasteiger partial charge in [0.25, 0.3) is 0 Å². The molecule has 0 bridgehead atoms. The van der Waals surface area contributed by atoms with Crippen LogP contribution in [-0.2, 0) is 4.79 Å². The number of hydrogen-bond acceptors (Lipinski definition) is 2. The zero-order valence-corrected chi connectivity index (χ0v) is 11.6. The molecule has 2 aromatic rings. The highest BCUT2D eigenvalue weighted by atomic mass is 79.9. The molecule has 96 valence electrons. The van der Waals surface area contributed by atoms with Gasteiger partial charge in [0.1, 0.15) is 0 Å². The molecule has 0 spiro atoms. The number of anilines is 1. The quantitative estimate of drug-likeness (QED) is 0.516. The van der Waals surface area contributed by atoms with E-state index >= 15 is 0 Å². The third-order valence-electron chi connectivity index (χ3n) is 2.68. The number of para-hydroxylation sites is 1. The molecular formula is C15H12BrNO2. The second-order valence-electron chi connectivity index (χ2n) is 4.00. The monoisotopic (exact) mass is 317 g/mol. The van der Waals surface area contributed by atoms with Crippen molar-refractivity contribution in [2.75, 3.05) is 5.73 Å². The van der Waals surface area contributed by atoms with Gasteiger partial charge in [-0.1, -0.05) is 46.3 Å². The van der Waals surface area contributed by atoms with Gasteiger partial charge >= 0.3 is 5.97 Å². The molecule has 0 saturated heterocycles. The molecule has 2 rings (SSSR count). The fourth-order valence-electron chi connectivity index (χ4n) is 1.70. The Kier molecular flexibility index (Phi) is 4.02. The van der Waals surface area contributed by atoms with Crippen LogP contribution in [0.1, 0.15) is 11.1 Å². The van der Waals surface area contributed by atoms with E-state index in [0.717, 1.165) is 4.47 Å². The molecule has 0 aliphatic carbocycles. The largest absolute Gasteiger partial charge is 0.478 e. The van der Waals surface area contributed by atoms with Crippen LogP contribution in [0, 0.1) is 0 Å².